The summed E-state index contributed by atoms with van der Waals surface area (Å²) in [6.07, 6.45) is -6.43. The maximum atomic E-state index is 13.2. The zero-order valence-electron chi connectivity index (χ0n) is 12.9. The van der Waals surface area contributed by atoms with Gasteiger partial charge in [-0.1, -0.05) is 29.5 Å². The molecular weight excluding hydrogens is 386 g/mol. The van der Waals surface area contributed by atoms with Gasteiger partial charge in [-0.05, 0) is 5.56 Å². The van der Waals surface area contributed by atoms with E-state index in [4.69, 9.17) is 0 Å². The van der Waals surface area contributed by atoms with Crippen molar-refractivity contribution in [2.24, 2.45) is 0 Å². The predicted octanol–water partition coefficient (Wildman–Crippen LogP) is 0.159. The van der Waals surface area contributed by atoms with Crippen LogP contribution in [-0.4, -0.2) is 44.6 Å². The molecule has 1 amide bonds. The Morgan fingerprint density at radius 1 is 1.04 bits per heavy atom. The molecule has 14 heteroatoms. The van der Waals surface area contributed by atoms with Crippen molar-refractivity contribution in [1.82, 2.24) is 20.6 Å². The summed E-state index contributed by atoms with van der Waals surface area (Å²) in [4.78, 5) is 11.1. The van der Waals surface area contributed by atoms with Crippen molar-refractivity contribution in [3.8, 4) is 0 Å². The van der Waals surface area contributed by atoms with Gasteiger partial charge in [0.25, 0.3) is 0 Å². The van der Waals surface area contributed by atoms with E-state index in [0.29, 0.717) is 5.56 Å². The molecule has 136 valence electrons. The van der Waals surface area contributed by atoms with E-state index >= 15 is 0 Å². The number of tetrazole rings is 1. The van der Waals surface area contributed by atoms with Gasteiger partial charge in [0.15, 0.2) is 5.82 Å². The molecule has 0 radical (unpaired) electrons. The monoisotopic (exact) mass is 393 g/mol. The minimum absolute atomic E-state index is 0. The van der Waals surface area contributed by atoms with Crippen LogP contribution in [0, 0.1) is 0 Å². The van der Waals surface area contributed by atoms with Gasteiger partial charge in [0.2, 0.25) is 0 Å². The summed E-state index contributed by atoms with van der Waals surface area (Å²) in [6, 6.07) is 4.55. The molecule has 1 aromatic carbocycles. The number of carbonyl (C=O) groups excluding carboxylic acids is 1. The molecule has 2 rings (SSSR count). The molecule has 0 spiro atoms. The number of aromatic amines is 1. The quantitative estimate of drug-likeness (QED) is 0.580. The van der Waals surface area contributed by atoms with Gasteiger partial charge in [-0.2, -0.15) is 35.9 Å². The number of hydrogen-bond acceptors (Lipinski definition) is 4. The average molecular weight is 393 g/mol. The molecule has 26 heavy (non-hydrogen) atoms. The van der Waals surface area contributed by atoms with Crippen LogP contribution in [0.4, 0.5) is 36.4 Å². The van der Waals surface area contributed by atoms with E-state index in [2.05, 4.69) is 25.9 Å². The summed E-state index contributed by atoms with van der Waals surface area (Å²) in [6.45, 7) is 0. The van der Waals surface area contributed by atoms with Gasteiger partial charge in [0.1, 0.15) is 5.91 Å². The van der Waals surface area contributed by atoms with Gasteiger partial charge in [-0.25, -0.2) is 0 Å². The molecule has 0 saturated heterocycles. The Morgan fingerprint density at radius 2 is 1.62 bits per heavy atom. The molecule has 0 fully saturated rings. The Morgan fingerprint density at radius 3 is 2.08 bits per heavy atom. The zero-order valence-corrected chi connectivity index (χ0v) is 14.9. The maximum absolute atomic E-state index is 13.2. The third-order valence-corrected chi connectivity index (χ3v) is 2.94. The van der Waals surface area contributed by atoms with Crippen molar-refractivity contribution < 1.29 is 65.1 Å². The Balaban J connectivity index is 0.00000338. The SMILES string of the molecule is O=C([N-]c1ccc(Cc2nn[nH]n2)cc1)C(F)(F)C(F)(F)C(F)(F)F.[Na+]. The van der Waals surface area contributed by atoms with Crippen molar-refractivity contribution in [2.75, 3.05) is 0 Å². The summed E-state index contributed by atoms with van der Waals surface area (Å²) in [5, 5.41) is 15.4. The van der Waals surface area contributed by atoms with Crippen LogP contribution in [0.2, 0.25) is 0 Å². The molecule has 0 atom stereocenters. The van der Waals surface area contributed by atoms with E-state index in [1.807, 2.05) is 0 Å². The third-order valence-electron chi connectivity index (χ3n) is 2.94. The summed E-state index contributed by atoms with van der Waals surface area (Å²) in [7, 11) is 0. The molecule has 2 aromatic rings. The van der Waals surface area contributed by atoms with E-state index in [1.54, 1.807) is 0 Å². The van der Waals surface area contributed by atoms with Crippen LogP contribution >= 0.6 is 0 Å². The fraction of sp³-hybridized carbons (Fsp3) is 0.333. The Bertz CT molecular complexity index is 733. The minimum atomic E-state index is -6.60. The molecule has 0 aliphatic heterocycles. The number of benzene rings is 1. The number of halogens is 7. The Hall–Kier alpha value is -1.73. The molecule has 1 N–H and O–H groups in total. The van der Waals surface area contributed by atoms with E-state index in [-0.39, 0.29) is 41.8 Å². The number of aromatic nitrogens is 4. The first-order valence-corrected chi connectivity index (χ1v) is 6.35. The minimum Gasteiger partial charge on any atom is -0.622 e. The van der Waals surface area contributed by atoms with Crippen LogP contribution in [0.5, 0.6) is 0 Å². The van der Waals surface area contributed by atoms with Crippen LogP contribution < -0.4 is 29.6 Å². The fourth-order valence-electron chi connectivity index (χ4n) is 1.63. The van der Waals surface area contributed by atoms with E-state index in [1.165, 1.54) is 12.1 Å². The van der Waals surface area contributed by atoms with Crippen LogP contribution in [0.3, 0.4) is 0 Å². The zero-order chi connectivity index (χ0) is 18.9. The maximum Gasteiger partial charge on any atom is 1.00 e. The second-order valence-electron chi connectivity index (χ2n) is 4.73. The van der Waals surface area contributed by atoms with Crippen LogP contribution in [0.15, 0.2) is 24.3 Å². The first kappa shape index (κ1) is 22.3. The Kier molecular flexibility index (Phi) is 6.76. The van der Waals surface area contributed by atoms with E-state index in [9.17, 15) is 35.5 Å². The summed E-state index contributed by atoms with van der Waals surface area (Å²) in [5.41, 5.74) is 0.0136. The summed E-state index contributed by atoms with van der Waals surface area (Å²) in [5.74, 6) is -15.2. The largest absolute Gasteiger partial charge is 1.00 e. The van der Waals surface area contributed by atoms with Gasteiger partial charge < -0.3 is 10.1 Å². The smallest absolute Gasteiger partial charge is 0.622 e. The molecule has 0 saturated carbocycles. The normalized spacial score (nSPS) is 12.4. The molecular formula is C12H7F7N5NaO. The predicted molar refractivity (Wildman–Crippen MR) is 67.4 cm³/mol. The number of amides is 1. The van der Waals surface area contributed by atoms with Gasteiger partial charge in [0, 0.05) is 6.42 Å². The molecule has 0 aliphatic rings. The molecule has 0 bridgehead atoms. The number of nitrogens with one attached hydrogen (secondary N) is 1. The van der Waals surface area contributed by atoms with Crippen molar-refractivity contribution in [2.45, 2.75) is 24.4 Å². The number of alkyl halides is 7. The van der Waals surface area contributed by atoms with Gasteiger partial charge >= 0.3 is 47.6 Å². The van der Waals surface area contributed by atoms with Crippen molar-refractivity contribution in [1.29, 1.82) is 0 Å². The van der Waals surface area contributed by atoms with Gasteiger partial charge in [-0.15, -0.1) is 15.9 Å². The fourth-order valence-corrected chi connectivity index (χ4v) is 1.63. The Labute approximate surface area is 162 Å². The number of rotatable bonds is 5. The van der Waals surface area contributed by atoms with Crippen LogP contribution in [0.25, 0.3) is 5.32 Å². The first-order valence-electron chi connectivity index (χ1n) is 6.35. The summed E-state index contributed by atoms with van der Waals surface area (Å²) < 4.78 is 87.9. The molecule has 0 aliphatic carbocycles. The standard InChI is InChI=1S/C12H8F7N5O.Na/c13-10(14,11(15,16)12(17,18)19)9(25)20-7-3-1-6(2-4-7)5-8-21-23-24-22-8;/h1-4H,5H2,(H2,20,21,22,23,24,25);/q;+1/p-1. The molecule has 0 unspecified atom stereocenters. The van der Waals surface area contributed by atoms with Crippen LogP contribution in [-0.2, 0) is 11.2 Å². The molecule has 1 aromatic heterocycles. The molecule has 6 nitrogen and oxygen atoms in total. The second kappa shape index (κ2) is 7.88. The topological polar surface area (TPSA) is 85.6 Å². The van der Waals surface area contributed by atoms with Crippen LogP contribution in [0.1, 0.15) is 11.4 Å². The van der Waals surface area contributed by atoms with Gasteiger partial charge in [-0.3, -0.25) is 0 Å². The average Bonchev–Trinajstić information content (AvgIpc) is 3.00. The van der Waals surface area contributed by atoms with Crippen molar-refractivity contribution in [3.05, 3.63) is 41.0 Å². The summed E-state index contributed by atoms with van der Waals surface area (Å²) >= 11 is 0. The van der Waals surface area contributed by atoms with E-state index < -0.39 is 29.6 Å². The van der Waals surface area contributed by atoms with Crippen molar-refractivity contribution >= 4 is 11.6 Å². The first-order chi connectivity index (χ1) is 11.4. The van der Waals surface area contributed by atoms with Gasteiger partial charge in [0.05, 0.1) is 0 Å². The molecule has 1 heterocycles. The number of hydrogen-bond donors (Lipinski definition) is 1. The third kappa shape index (κ3) is 4.51. The number of nitrogens with zero attached hydrogens (tertiary/aromatic N) is 4. The van der Waals surface area contributed by atoms with E-state index in [0.717, 1.165) is 12.1 Å². The second-order valence-corrected chi connectivity index (χ2v) is 4.73. The number of H-pyrrole nitrogens is 1. The number of carbonyl (C=O) groups is 1. The van der Waals surface area contributed by atoms with Crippen molar-refractivity contribution in [3.63, 3.8) is 0 Å².